The number of methoxy groups -OCH3 is 4. The van der Waals surface area contributed by atoms with Gasteiger partial charge in [-0.25, -0.2) is 5.48 Å². The van der Waals surface area contributed by atoms with Crippen molar-refractivity contribution in [2.24, 2.45) is 0 Å². The van der Waals surface area contributed by atoms with Crippen LogP contribution >= 0.6 is 0 Å². The Morgan fingerprint density at radius 1 is 0.912 bits per heavy atom. The number of alkyl halides is 3. The maximum atomic E-state index is 13.9. The number of amides is 1. The first-order valence-corrected chi connectivity index (χ1v) is 9.53. The van der Waals surface area contributed by atoms with E-state index < -0.39 is 23.4 Å². The average Bonchev–Trinajstić information content (AvgIpc) is 2.83. The highest BCUT2D eigenvalue weighted by atomic mass is 19.4. The van der Waals surface area contributed by atoms with Gasteiger partial charge in [0.15, 0.2) is 17.3 Å². The van der Waals surface area contributed by atoms with E-state index in [4.69, 9.17) is 24.2 Å². The van der Waals surface area contributed by atoms with Gasteiger partial charge in [0, 0.05) is 17.2 Å². The van der Waals surface area contributed by atoms with Crippen molar-refractivity contribution in [1.82, 2.24) is 5.48 Å². The predicted octanol–water partition coefficient (Wildman–Crippen LogP) is 4.07. The first-order chi connectivity index (χ1) is 16.1. The molecule has 0 heterocycles. The largest absolute Gasteiger partial charge is 0.496 e. The summed E-state index contributed by atoms with van der Waals surface area (Å²) in [5, 5.41) is 8.60. The topological polar surface area (TPSA) is 103 Å². The van der Waals surface area contributed by atoms with Crippen LogP contribution in [0.1, 0.15) is 21.5 Å². The monoisotopic (exact) mass is 481 g/mol. The number of allylic oxidation sites excluding steroid dienone is 1. The van der Waals surface area contributed by atoms with Crippen LogP contribution in [-0.4, -0.2) is 51.5 Å². The molecule has 2 aromatic rings. The number of hydroxylamine groups is 1. The summed E-state index contributed by atoms with van der Waals surface area (Å²) in [5.41, 5.74) is -0.129. The number of ether oxygens (including phenoxy) is 4. The lowest BCUT2D eigenvalue weighted by molar-refractivity contribution is -0.124. The van der Waals surface area contributed by atoms with E-state index in [1.165, 1.54) is 58.2 Å². The molecule has 2 rings (SSSR count). The van der Waals surface area contributed by atoms with Crippen LogP contribution in [0, 0.1) is 0 Å². The van der Waals surface area contributed by atoms with Gasteiger partial charge in [0.2, 0.25) is 5.75 Å². The second kappa shape index (κ2) is 11.2. The van der Waals surface area contributed by atoms with E-state index in [-0.39, 0.29) is 39.7 Å². The molecule has 34 heavy (non-hydrogen) atoms. The van der Waals surface area contributed by atoms with Crippen LogP contribution in [0.4, 0.5) is 13.2 Å². The first kappa shape index (κ1) is 26.3. The van der Waals surface area contributed by atoms with E-state index in [1.54, 1.807) is 0 Å². The number of nitrogens with one attached hydrogen (secondary N) is 1. The zero-order valence-corrected chi connectivity index (χ0v) is 18.6. The van der Waals surface area contributed by atoms with Gasteiger partial charge in [-0.2, -0.15) is 13.2 Å². The minimum atomic E-state index is -5.00. The highest BCUT2D eigenvalue weighted by Gasteiger charge is 2.39. The molecule has 0 radical (unpaired) electrons. The van der Waals surface area contributed by atoms with Gasteiger partial charge in [-0.15, -0.1) is 0 Å². The third-order valence-electron chi connectivity index (χ3n) is 4.57. The van der Waals surface area contributed by atoms with Crippen LogP contribution in [-0.2, 0) is 4.79 Å². The lowest BCUT2D eigenvalue weighted by Crippen LogP contribution is -2.20. The Balaban J connectivity index is 2.62. The number of carbonyl (C=O) groups excluding carboxylic acids is 2. The Kier molecular flexibility index (Phi) is 8.68. The number of benzene rings is 2. The van der Waals surface area contributed by atoms with Gasteiger partial charge in [-0.3, -0.25) is 14.8 Å². The maximum Gasteiger partial charge on any atom is 0.420 e. The zero-order chi connectivity index (χ0) is 25.5. The fourth-order valence-electron chi connectivity index (χ4n) is 2.99. The van der Waals surface area contributed by atoms with Crippen molar-refractivity contribution in [2.75, 3.05) is 28.4 Å². The molecular weight excluding hydrogens is 459 g/mol. The third kappa shape index (κ3) is 6.07. The number of Topliss-reactive ketones (excluding diaryl/α,β-unsaturated/α-hetero) is 1. The van der Waals surface area contributed by atoms with E-state index in [9.17, 15) is 22.8 Å². The summed E-state index contributed by atoms with van der Waals surface area (Å²) in [6, 6.07) is 6.23. The molecule has 0 unspecified atom stereocenters. The summed E-state index contributed by atoms with van der Waals surface area (Å²) in [6.45, 7) is 0. The second-order valence-corrected chi connectivity index (χ2v) is 6.61. The Bertz CT molecular complexity index is 1100. The summed E-state index contributed by atoms with van der Waals surface area (Å²) in [4.78, 5) is 24.2. The van der Waals surface area contributed by atoms with Gasteiger partial charge in [-0.05, 0) is 42.0 Å². The summed E-state index contributed by atoms with van der Waals surface area (Å²) in [7, 11) is 5.21. The summed E-state index contributed by atoms with van der Waals surface area (Å²) in [5.74, 6) is -1.76. The molecule has 1 amide bonds. The zero-order valence-electron chi connectivity index (χ0n) is 18.6. The standard InChI is InChI=1S/C23H22F3NO7/c1-31-17-7-5-13(9-14(17)6-8-20(28)27-30)10-16(23(24,25)26)21(29)15-11-18(32-2)22(34-4)19(12-15)33-3/h5-12,30H,1-4H3,(H,27,28)/b8-6+,16-10?. The number of carbonyl (C=O) groups is 2. The molecule has 0 saturated heterocycles. The minimum Gasteiger partial charge on any atom is -0.496 e. The molecule has 0 aliphatic carbocycles. The van der Waals surface area contributed by atoms with E-state index >= 15 is 0 Å². The van der Waals surface area contributed by atoms with Crippen LogP contribution in [0.3, 0.4) is 0 Å². The van der Waals surface area contributed by atoms with Crippen LogP contribution in [0.2, 0.25) is 0 Å². The molecule has 2 N–H and O–H groups in total. The van der Waals surface area contributed by atoms with Gasteiger partial charge < -0.3 is 18.9 Å². The molecule has 0 aromatic heterocycles. The Morgan fingerprint density at radius 2 is 1.50 bits per heavy atom. The van der Waals surface area contributed by atoms with Crippen molar-refractivity contribution in [3.63, 3.8) is 0 Å². The molecule has 0 saturated carbocycles. The number of hydrogen-bond acceptors (Lipinski definition) is 7. The SMILES string of the molecule is COc1ccc(C=C(C(=O)c2cc(OC)c(OC)c(OC)c2)C(F)(F)F)cc1/C=C/C(=O)NO. The van der Waals surface area contributed by atoms with Crippen molar-refractivity contribution in [2.45, 2.75) is 6.18 Å². The predicted molar refractivity (Wildman–Crippen MR) is 116 cm³/mol. The normalized spacial score (nSPS) is 11.8. The minimum absolute atomic E-state index is 0.0120. The van der Waals surface area contributed by atoms with Gasteiger partial charge in [0.25, 0.3) is 5.91 Å². The molecule has 11 heteroatoms. The number of halogens is 3. The summed E-state index contributed by atoms with van der Waals surface area (Å²) >= 11 is 0. The quantitative estimate of drug-likeness (QED) is 0.241. The Labute approximate surface area is 193 Å². The van der Waals surface area contributed by atoms with E-state index in [2.05, 4.69) is 0 Å². The fraction of sp³-hybridized carbons (Fsp3) is 0.217. The summed E-state index contributed by atoms with van der Waals surface area (Å²) in [6.07, 6.45) is -2.13. The van der Waals surface area contributed by atoms with Gasteiger partial charge in [0.1, 0.15) is 11.3 Å². The molecule has 182 valence electrons. The van der Waals surface area contributed by atoms with Gasteiger partial charge in [0.05, 0.1) is 28.4 Å². The van der Waals surface area contributed by atoms with E-state index in [0.29, 0.717) is 6.08 Å². The number of hydrogen-bond donors (Lipinski definition) is 2. The molecule has 2 aromatic carbocycles. The van der Waals surface area contributed by atoms with E-state index in [1.807, 2.05) is 0 Å². The molecule has 0 aliphatic heterocycles. The molecule has 8 nitrogen and oxygen atoms in total. The lowest BCUT2D eigenvalue weighted by Gasteiger charge is -2.16. The summed E-state index contributed by atoms with van der Waals surface area (Å²) < 4.78 is 62.2. The lowest BCUT2D eigenvalue weighted by atomic mass is 9.98. The van der Waals surface area contributed by atoms with Crippen LogP contribution in [0.5, 0.6) is 23.0 Å². The van der Waals surface area contributed by atoms with Gasteiger partial charge in [-0.1, -0.05) is 6.07 Å². The smallest absolute Gasteiger partial charge is 0.420 e. The van der Waals surface area contributed by atoms with Crippen molar-refractivity contribution in [3.05, 3.63) is 58.7 Å². The fourth-order valence-corrected chi connectivity index (χ4v) is 2.99. The molecule has 0 fully saturated rings. The Morgan fingerprint density at radius 3 is 1.97 bits per heavy atom. The molecular formula is C23H22F3NO7. The highest BCUT2D eigenvalue weighted by molar-refractivity contribution is 6.12. The molecule has 0 atom stereocenters. The number of ketones is 1. The maximum absolute atomic E-state index is 13.9. The molecule has 0 aliphatic rings. The van der Waals surface area contributed by atoms with Crippen molar-refractivity contribution >= 4 is 23.8 Å². The van der Waals surface area contributed by atoms with Crippen LogP contribution < -0.4 is 24.4 Å². The molecule has 0 bridgehead atoms. The molecule has 0 spiro atoms. The van der Waals surface area contributed by atoms with Crippen molar-refractivity contribution in [1.29, 1.82) is 0 Å². The first-order valence-electron chi connectivity index (χ1n) is 9.53. The van der Waals surface area contributed by atoms with Crippen LogP contribution in [0.15, 0.2) is 42.0 Å². The van der Waals surface area contributed by atoms with Gasteiger partial charge >= 0.3 is 6.18 Å². The van der Waals surface area contributed by atoms with E-state index in [0.717, 1.165) is 18.2 Å². The Hall–Kier alpha value is -3.99. The van der Waals surface area contributed by atoms with Crippen LogP contribution in [0.25, 0.3) is 12.2 Å². The number of rotatable bonds is 9. The second-order valence-electron chi connectivity index (χ2n) is 6.61. The van der Waals surface area contributed by atoms with Crippen molar-refractivity contribution in [3.8, 4) is 23.0 Å². The van der Waals surface area contributed by atoms with Crippen molar-refractivity contribution < 1.29 is 46.9 Å². The average molecular weight is 481 g/mol. The highest BCUT2D eigenvalue weighted by Crippen LogP contribution is 2.40. The third-order valence-corrected chi connectivity index (χ3v) is 4.57.